The van der Waals surface area contributed by atoms with E-state index in [0.717, 1.165) is 50.9 Å². The fourth-order valence-electron chi connectivity index (χ4n) is 4.10. The number of carbonyl (C=O) groups excluding carboxylic acids is 1. The second-order valence-electron chi connectivity index (χ2n) is 6.82. The summed E-state index contributed by atoms with van der Waals surface area (Å²) < 4.78 is 2.17. The standard InChI is InChI=1S/C18H23N3OS/c22-17(20-14-6-7-16-19-10-11-21(16)13-14)18(8-2-1-3-9-18)15-5-4-12-23-15/h4-5,10-12,14H,1-3,6-9,13H2,(H,20,22). The first kappa shape index (κ1) is 14.9. The minimum atomic E-state index is -0.290. The summed E-state index contributed by atoms with van der Waals surface area (Å²) in [5.74, 6) is 1.38. The maximum absolute atomic E-state index is 13.2. The minimum absolute atomic E-state index is 0.225. The van der Waals surface area contributed by atoms with Crippen molar-refractivity contribution < 1.29 is 4.79 Å². The molecule has 1 aliphatic heterocycles. The second-order valence-corrected chi connectivity index (χ2v) is 7.77. The Labute approximate surface area is 140 Å². The van der Waals surface area contributed by atoms with Crippen LogP contribution in [0.4, 0.5) is 0 Å². The molecule has 122 valence electrons. The van der Waals surface area contributed by atoms with E-state index in [-0.39, 0.29) is 17.4 Å². The lowest BCUT2D eigenvalue weighted by Crippen LogP contribution is -2.51. The number of aryl methyl sites for hydroxylation is 1. The first-order valence-electron chi connectivity index (χ1n) is 8.63. The van der Waals surface area contributed by atoms with Crippen LogP contribution in [0, 0.1) is 0 Å². The van der Waals surface area contributed by atoms with Crippen molar-refractivity contribution in [1.82, 2.24) is 14.9 Å². The number of hydrogen-bond acceptors (Lipinski definition) is 3. The van der Waals surface area contributed by atoms with Gasteiger partial charge in [0.1, 0.15) is 5.82 Å². The van der Waals surface area contributed by atoms with Crippen LogP contribution >= 0.6 is 11.3 Å². The van der Waals surface area contributed by atoms with Crippen molar-refractivity contribution >= 4 is 17.2 Å². The number of thiophene rings is 1. The van der Waals surface area contributed by atoms with Crippen molar-refractivity contribution in [1.29, 1.82) is 0 Å². The van der Waals surface area contributed by atoms with Crippen molar-refractivity contribution in [2.75, 3.05) is 0 Å². The maximum atomic E-state index is 13.2. The fourth-order valence-corrected chi connectivity index (χ4v) is 5.08. The number of imidazole rings is 1. The summed E-state index contributed by atoms with van der Waals surface area (Å²) in [6, 6.07) is 4.44. The predicted octanol–water partition coefficient (Wildman–Crippen LogP) is 3.28. The Balaban J connectivity index is 1.52. The Morgan fingerprint density at radius 2 is 2.22 bits per heavy atom. The van der Waals surface area contributed by atoms with E-state index in [9.17, 15) is 4.79 Å². The highest BCUT2D eigenvalue weighted by atomic mass is 32.1. The number of nitrogens with zero attached hydrogens (tertiary/aromatic N) is 2. The van der Waals surface area contributed by atoms with E-state index < -0.39 is 0 Å². The molecule has 1 amide bonds. The zero-order chi connectivity index (χ0) is 15.7. The van der Waals surface area contributed by atoms with Gasteiger partial charge in [-0.1, -0.05) is 25.3 Å². The van der Waals surface area contributed by atoms with Crippen LogP contribution in [0.1, 0.15) is 49.2 Å². The molecule has 0 aromatic carbocycles. The molecular weight excluding hydrogens is 306 g/mol. The van der Waals surface area contributed by atoms with Crippen molar-refractivity contribution in [3.63, 3.8) is 0 Å². The molecule has 3 heterocycles. The van der Waals surface area contributed by atoms with Gasteiger partial charge in [0, 0.05) is 36.3 Å². The van der Waals surface area contributed by atoms with Crippen LogP contribution in [0.25, 0.3) is 0 Å². The Morgan fingerprint density at radius 1 is 1.35 bits per heavy atom. The van der Waals surface area contributed by atoms with Crippen LogP contribution in [0.5, 0.6) is 0 Å². The molecule has 4 nitrogen and oxygen atoms in total. The van der Waals surface area contributed by atoms with E-state index in [1.807, 2.05) is 12.4 Å². The monoisotopic (exact) mass is 329 g/mol. The smallest absolute Gasteiger partial charge is 0.231 e. The van der Waals surface area contributed by atoms with Gasteiger partial charge in [-0.05, 0) is 30.7 Å². The molecule has 0 radical (unpaired) electrons. The molecule has 2 aromatic rings. The van der Waals surface area contributed by atoms with Gasteiger partial charge in [-0.2, -0.15) is 0 Å². The Bertz CT molecular complexity index is 670. The van der Waals surface area contributed by atoms with Gasteiger partial charge >= 0.3 is 0 Å². The van der Waals surface area contributed by atoms with Gasteiger partial charge < -0.3 is 9.88 Å². The number of hydrogen-bond donors (Lipinski definition) is 1. The van der Waals surface area contributed by atoms with E-state index in [1.54, 1.807) is 11.3 Å². The van der Waals surface area contributed by atoms with Crippen molar-refractivity contribution in [3.8, 4) is 0 Å². The molecule has 0 spiro atoms. The minimum Gasteiger partial charge on any atom is -0.351 e. The molecule has 1 N–H and O–H groups in total. The number of rotatable bonds is 3. The van der Waals surface area contributed by atoms with Crippen LogP contribution in [-0.4, -0.2) is 21.5 Å². The molecule has 1 fully saturated rings. The summed E-state index contributed by atoms with van der Waals surface area (Å²) in [7, 11) is 0. The number of nitrogens with one attached hydrogen (secondary N) is 1. The third-order valence-electron chi connectivity index (χ3n) is 5.41. The molecule has 1 aliphatic carbocycles. The zero-order valence-electron chi connectivity index (χ0n) is 13.3. The molecule has 1 unspecified atom stereocenters. The first-order chi connectivity index (χ1) is 11.3. The number of carbonyl (C=O) groups is 1. The zero-order valence-corrected chi connectivity index (χ0v) is 14.1. The third kappa shape index (κ3) is 2.71. The molecular formula is C18H23N3OS. The summed E-state index contributed by atoms with van der Waals surface area (Å²) in [6.07, 6.45) is 11.3. The Hall–Kier alpha value is -1.62. The molecule has 2 aliphatic rings. The van der Waals surface area contributed by atoms with E-state index in [0.29, 0.717) is 0 Å². The predicted molar refractivity (Wildman–Crippen MR) is 91.6 cm³/mol. The molecule has 5 heteroatoms. The molecule has 23 heavy (non-hydrogen) atoms. The molecule has 4 rings (SSSR count). The van der Waals surface area contributed by atoms with E-state index in [4.69, 9.17) is 0 Å². The lowest BCUT2D eigenvalue weighted by Gasteiger charge is -2.37. The number of aromatic nitrogens is 2. The van der Waals surface area contributed by atoms with E-state index in [2.05, 4.69) is 32.4 Å². The second kappa shape index (κ2) is 6.11. The van der Waals surface area contributed by atoms with Gasteiger partial charge in [0.2, 0.25) is 5.91 Å². The molecule has 0 bridgehead atoms. The highest BCUT2D eigenvalue weighted by Gasteiger charge is 2.42. The van der Waals surface area contributed by atoms with Crippen LogP contribution < -0.4 is 5.32 Å². The normalized spacial score (nSPS) is 23.2. The largest absolute Gasteiger partial charge is 0.351 e. The van der Waals surface area contributed by atoms with Gasteiger partial charge in [-0.15, -0.1) is 11.3 Å². The van der Waals surface area contributed by atoms with Crippen LogP contribution in [0.3, 0.4) is 0 Å². The Kier molecular flexibility index (Phi) is 3.97. The Morgan fingerprint density at radius 3 is 3.00 bits per heavy atom. The summed E-state index contributed by atoms with van der Waals surface area (Å²) in [5, 5.41) is 5.46. The quantitative estimate of drug-likeness (QED) is 0.939. The van der Waals surface area contributed by atoms with E-state index in [1.165, 1.54) is 11.3 Å². The number of fused-ring (bicyclic) bond motifs is 1. The van der Waals surface area contributed by atoms with Gasteiger partial charge in [0.15, 0.2) is 0 Å². The average Bonchev–Trinajstić information content (AvgIpc) is 3.27. The fraction of sp³-hybridized carbons (Fsp3) is 0.556. The SMILES string of the molecule is O=C(NC1CCc2nccn2C1)C1(c2cccs2)CCCCC1. The van der Waals surface area contributed by atoms with Gasteiger partial charge in [0.05, 0.1) is 5.41 Å². The van der Waals surface area contributed by atoms with E-state index >= 15 is 0 Å². The lowest BCUT2D eigenvalue weighted by atomic mass is 9.72. The van der Waals surface area contributed by atoms with Crippen LogP contribution in [-0.2, 0) is 23.2 Å². The lowest BCUT2D eigenvalue weighted by molar-refractivity contribution is -0.128. The van der Waals surface area contributed by atoms with Gasteiger partial charge in [0.25, 0.3) is 0 Å². The summed E-state index contributed by atoms with van der Waals surface area (Å²) in [6.45, 7) is 0.849. The molecule has 1 atom stereocenters. The van der Waals surface area contributed by atoms with Crippen LogP contribution in [0.2, 0.25) is 0 Å². The van der Waals surface area contributed by atoms with Crippen LogP contribution in [0.15, 0.2) is 29.9 Å². The van der Waals surface area contributed by atoms with Gasteiger partial charge in [-0.3, -0.25) is 4.79 Å². The van der Waals surface area contributed by atoms with Gasteiger partial charge in [-0.25, -0.2) is 4.98 Å². The highest BCUT2D eigenvalue weighted by molar-refractivity contribution is 7.10. The molecule has 1 saturated carbocycles. The van der Waals surface area contributed by atoms with Crippen molar-refractivity contribution in [2.45, 2.75) is 62.9 Å². The first-order valence-corrected chi connectivity index (χ1v) is 9.51. The highest BCUT2D eigenvalue weighted by Crippen LogP contribution is 2.42. The maximum Gasteiger partial charge on any atom is 0.231 e. The summed E-state index contributed by atoms with van der Waals surface area (Å²) >= 11 is 1.73. The topological polar surface area (TPSA) is 46.9 Å². The average molecular weight is 329 g/mol. The van der Waals surface area contributed by atoms with Crippen molar-refractivity contribution in [3.05, 3.63) is 40.6 Å². The molecule has 2 aromatic heterocycles. The van der Waals surface area contributed by atoms with Crippen molar-refractivity contribution in [2.24, 2.45) is 0 Å². The number of amides is 1. The summed E-state index contributed by atoms with van der Waals surface area (Å²) in [5.41, 5.74) is -0.290. The summed E-state index contributed by atoms with van der Waals surface area (Å²) in [4.78, 5) is 18.8. The molecule has 0 saturated heterocycles. The third-order valence-corrected chi connectivity index (χ3v) is 6.48.